The van der Waals surface area contributed by atoms with E-state index in [-0.39, 0.29) is 6.73 Å². The Bertz CT molecular complexity index is 202. The first kappa shape index (κ1) is 13.9. The molecule has 0 aliphatic carbocycles. The van der Waals surface area contributed by atoms with Crippen LogP contribution in [0.25, 0.3) is 0 Å². The number of aliphatic imine (C=N–C) groups is 1. The fourth-order valence-electron chi connectivity index (χ4n) is 1.24. The van der Waals surface area contributed by atoms with Crippen LogP contribution in [0.2, 0.25) is 0 Å². The summed E-state index contributed by atoms with van der Waals surface area (Å²) in [7, 11) is 1.93. The van der Waals surface area contributed by atoms with Gasteiger partial charge in [-0.1, -0.05) is 6.58 Å². The Balaban J connectivity index is 4.49. The van der Waals surface area contributed by atoms with Crippen molar-refractivity contribution in [1.82, 2.24) is 9.80 Å². The highest BCUT2D eigenvalue weighted by molar-refractivity contribution is 5.80. The molecule has 0 aliphatic rings. The molecule has 5 heteroatoms. The molecular weight excluding hydrogens is 192 g/mol. The molecule has 0 fully saturated rings. The summed E-state index contributed by atoms with van der Waals surface area (Å²) in [4.78, 5) is 7.88. The van der Waals surface area contributed by atoms with Crippen LogP contribution in [0.5, 0.6) is 0 Å². The Labute approximate surface area is 91.9 Å². The first-order valence-corrected chi connectivity index (χ1v) is 5.16. The van der Waals surface area contributed by atoms with Crippen LogP contribution in [0, 0.1) is 0 Å². The molecule has 15 heavy (non-hydrogen) atoms. The summed E-state index contributed by atoms with van der Waals surface area (Å²) in [5, 5.41) is 9.16. The SMILES string of the molecule is C=CN=C(N(C)CCCN)N(CC)CO. The van der Waals surface area contributed by atoms with Crippen molar-refractivity contribution in [3.63, 3.8) is 0 Å². The molecule has 88 valence electrons. The van der Waals surface area contributed by atoms with E-state index in [1.54, 1.807) is 4.90 Å². The first-order valence-electron chi connectivity index (χ1n) is 5.16. The van der Waals surface area contributed by atoms with Gasteiger partial charge in [0.1, 0.15) is 6.73 Å². The van der Waals surface area contributed by atoms with Crippen LogP contribution >= 0.6 is 0 Å². The molecular formula is C10H22N4O. The second-order valence-corrected chi connectivity index (χ2v) is 3.17. The van der Waals surface area contributed by atoms with Crippen LogP contribution in [-0.2, 0) is 0 Å². The van der Waals surface area contributed by atoms with Gasteiger partial charge < -0.3 is 20.6 Å². The van der Waals surface area contributed by atoms with Crippen molar-refractivity contribution < 1.29 is 5.11 Å². The van der Waals surface area contributed by atoms with Crippen LogP contribution in [0.3, 0.4) is 0 Å². The van der Waals surface area contributed by atoms with E-state index in [9.17, 15) is 0 Å². The number of hydrogen-bond donors (Lipinski definition) is 2. The quantitative estimate of drug-likeness (QED) is 0.372. The van der Waals surface area contributed by atoms with Crippen molar-refractivity contribution in [3.05, 3.63) is 12.8 Å². The number of rotatable bonds is 6. The summed E-state index contributed by atoms with van der Waals surface area (Å²) in [6.45, 7) is 7.66. The maximum absolute atomic E-state index is 9.16. The van der Waals surface area contributed by atoms with Crippen LogP contribution in [-0.4, -0.2) is 54.3 Å². The van der Waals surface area contributed by atoms with Gasteiger partial charge in [0, 0.05) is 26.3 Å². The van der Waals surface area contributed by atoms with Gasteiger partial charge in [-0.05, 0) is 19.9 Å². The van der Waals surface area contributed by atoms with Gasteiger partial charge >= 0.3 is 0 Å². The average molecular weight is 214 g/mol. The van der Waals surface area contributed by atoms with Gasteiger partial charge in [-0.25, -0.2) is 4.99 Å². The van der Waals surface area contributed by atoms with Crippen LogP contribution in [0.1, 0.15) is 13.3 Å². The summed E-state index contributed by atoms with van der Waals surface area (Å²) < 4.78 is 0. The lowest BCUT2D eigenvalue weighted by Gasteiger charge is -2.29. The summed E-state index contributed by atoms with van der Waals surface area (Å²) in [6, 6.07) is 0. The minimum atomic E-state index is -0.0455. The van der Waals surface area contributed by atoms with E-state index >= 15 is 0 Å². The standard InChI is InChI=1S/C10H22N4O/c1-4-12-10(14(5-2)9-15)13(3)8-6-7-11/h4,15H,1,5-9,11H2,2-3H3. The number of guanidine groups is 1. The topological polar surface area (TPSA) is 65.1 Å². The second kappa shape index (κ2) is 8.26. The van der Waals surface area contributed by atoms with Gasteiger partial charge in [-0.15, -0.1) is 0 Å². The zero-order valence-electron chi connectivity index (χ0n) is 9.69. The number of aliphatic hydroxyl groups excluding tert-OH is 1. The van der Waals surface area contributed by atoms with Crippen LogP contribution in [0.4, 0.5) is 0 Å². The lowest BCUT2D eigenvalue weighted by Crippen LogP contribution is -2.43. The fraction of sp³-hybridized carbons (Fsp3) is 0.700. The first-order chi connectivity index (χ1) is 7.21. The fourth-order valence-corrected chi connectivity index (χ4v) is 1.24. The molecule has 0 saturated heterocycles. The Morgan fingerprint density at radius 2 is 2.27 bits per heavy atom. The monoisotopic (exact) mass is 214 g/mol. The van der Waals surface area contributed by atoms with Crippen molar-refractivity contribution >= 4 is 5.96 Å². The molecule has 3 N–H and O–H groups in total. The molecule has 0 spiro atoms. The van der Waals surface area contributed by atoms with E-state index < -0.39 is 0 Å². The Kier molecular flexibility index (Phi) is 7.67. The average Bonchev–Trinajstić information content (AvgIpc) is 2.26. The molecule has 0 heterocycles. The zero-order valence-corrected chi connectivity index (χ0v) is 9.69. The van der Waals surface area contributed by atoms with Crippen molar-refractivity contribution in [1.29, 1.82) is 0 Å². The predicted octanol–water partition coefficient (Wildman–Crippen LogP) is 0.0382. The normalized spacial score (nSPS) is 11.3. The molecule has 0 aliphatic heterocycles. The molecule has 0 bridgehead atoms. The van der Waals surface area contributed by atoms with Gasteiger partial charge in [-0.3, -0.25) is 0 Å². The number of nitrogens with zero attached hydrogens (tertiary/aromatic N) is 3. The molecule has 0 atom stereocenters. The van der Waals surface area contributed by atoms with Gasteiger partial charge in [0.25, 0.3) is 0 Å². The van der Waals surface area contributed by atoms with Crippen molar-refractivity contribution in [3.8, 4) is 0 Å². The van der Waals surface area contributed by atoms with Gasteiger partial charge in [0.2, 0.25) is 5.96 Å². The van der Waals surface area contributed by atoms with E-state index in [1.165, 1.54) is 6.20 Å². The third-order valence-electron chi connectivity index (χ3n) is 2.08. The highest BCUT2D eigenvalue weighted by atomic mass is 16.3. The minimum Gasteiger partial charge on any atom is -0.376 e. The molecule has 0 aromatic heterocycles. The van der Waals surface area contributed by atoms with Crippen molar-refractivity contribution in [2.75, 3.05) is 33.4 Å². The number of nitrogens with two attached hydrogens (primary N) is 1. The molecule has 0 unspecified atom stereocenters. The van der Waals surface area contributed by atoms with Crippen molar-refractivity contribution in [2.45, 2.75) is 13.3 Å². The highest BCUT2D eigenvalue weighted by Crippen LogP contribution is 1.98. The van der Waals surface area contributed by atoms with Crippen molar-refractivity contribution in [2.24, 2.45) is 10.7 Å². The lowest BCUT2D eigenvalue weighted by atomic mass is 10.4. The van der Waals surface area contributed by atoms with E-state index in [0.29, 0.717) is 13.1 Å². The Hall–Kier alpha value is -1.07. The Morgan fingerprint density at radius 3 is 2.67 bits per heavy atom. The third-order valence-corrected chi connectivity index (χ3v) is 2.08. The summed E-state index contributed by atoms with van der Waals surface area (Å²) >= 11 is 0. The Morgan fingerprint density at radius 1 is 1.60 bits per heavy atom. The number of hydrogen-bond acceptors (Lipinski definition) is 3. The molecule has 0 radical (unpaired) electrons. The smallest absolute Gasteiger partial charge is 0.202 e. The van der Waals surface area contributed by atoms with Gasteiger partial charge in [-0.2, -0.15) is 0 Å². The molecule has 0 aromatic rings. The minimum absolute atomic E-state index is 0.0455. The van der Waals surface area contributed by atoms with E-state index in [1.807, 2.05) is 18.9 Å². The maximum atomic E-state index is 9.16. The molecule has 0 saturated carbocycles. The maximum Gasteiger partial charge on any atom is 0.202 e. The molecule has 0 rings (SSSR count). The second-order valence-electron chi connectivity index (χ2n) is 3.17. The summed E-state index contributed by atoms with van der Waals surface area (Å²) in [6.07, 6.45) is 2.38. The predicted molar refractivity (Wildman–Crippen MR) is 63.4 cm³/mol. The van der Waals surface area contributed by atoms with Gasteiger partial charge in [0.05, 0.1) is 0 Å². The van der Waals surface area contributed by atoms with E-state index in [4.69, 9.17) is 10.8 Å². The summed E-state index contributed by atoms with van der Waals surface area (Å²) in [5.41, 5.74) is 5.44. The van der Waals surface area contributed by atoms with Gasteiger partial charge in [0.15, 0.2) is 0 Å². The highest BCUT2D eigenvalue weighted by Gasteiger charge is 2.12. The largest absolute Gasteiger partial charge is 0.376 e. The molecule has 5 nitrogen and oxygen atoms in total. The summed E-state index contributed by atoms with van der Waals surface area (Å²) in [5.74, 6) is 0.725. The zero-order chi connectivity index (χ0) is 11.7. The lowest BCUT2D eigenvalue weighted by molar-refractivity contribution is 0.161. The van der Waals surface area contributed by atoms with E-state index in [0.717, 1.165) is 18.9 Å². The third kappa shape index (κ3) is 4.80. The van der Waals surface area contributed by atoms with E-state index in [2.05, 4.69) is 11.6 Å². The molecule has 0 amide bonds. The number of aliphatic hydroxyl groups is 1. The van der Waals surface area contributed by atoms with Crippen LogP contribution < -0.4 is 5.73 Å². The van der Waals surface area contributed by atoms with Crippen LogP contribution in [0.15, 0.2) is 17.8 Å². The molecule has 0 aromatic carbocycles.